The summed E-state index contributed by atoms with van der Waals surface area (Å²) in [5, 5.41) is 18.3. The average Bonchev–Trinajstić information content (AvgIpc) is 2.90. The number of hydrogen-bond donors (Lipinski definition) is 6. The minimum Gasteiger partial charge on any atom is -0.481 e. The molecule has 1 aromatic rings. The number of rotatable bonds is 18. The molecule has 40 heavy (non-hydrogen) atoms. The van der Waals surface area contributed by atoms with E-state index < -0.39 is 72.6 Å². The van der Waals surface area contributed by atoms with Gasteiger partial charge in [-0.05, 0) is 63.0 Å². The number of carbonyl (C=O) groups excluding carboxylic acids is 4. The largest absolute Gasteiger partial charge is 0.481 e. The summed E-state index contributed by atoms with van der Waals surface area (Å²) in [5.41, 5.74) is 22.5. The molecule has 0 aliphatic carbocycles. The second kappa shape index (κ2) is 17.8. The molecule has 1 rings (SSSR count). The highest BCUT2D eigenvalue weighted by molar-refractivity contribution is 6.01. The van der Waals surface area contributed by atoms with Gasteiger partial charge >= 0.3 is 35.8 Å². The van der Waals surface area contributed by atoms with E-state index in [9.17, 15) is 28.8 Å². The Bertz CT molecular complexity index is 950. The van der Waals surface area contributed by atoms with Gasteiger partial charge in [-0.1, -0.05) is 12.8 Å². The highest BCUT2D eigenvalue weighted by Gasteiger charge is 2.32. The fraction of sp³-hybridized carbons (Fsp3) is 0.538. The van der Waals surface area contributed by atoms with Gasteiger partial charge in [0.15, 0.2) is 0 Å². The molecular weight excluding hydrogens is 528 g/mol. The van der Waals surface area contributed by atoms with Crippen molar-refractivity contribution in [3.05, 3.63) is 35.4 Å². The van der Waals surface area contributed by atoms with Crippen LogP contribution in [0.3, 0.4) is 0 Å². The van der Waals surface area contributed by atoms with E-state index in [0.717, 1.165) is 24.3 Å². The number of ether oxygens (including phenoxy) is 2. The standard InChI is InChI=1S/C26H38N4O10/c27-11-3-1-5-19(29)17(13-21(31)32)25(37)39-23(35)15-7-9-16(10-8-15)24(36)40-26(38)18(14-22(33)34)20(30)6-2-4-12-28/h7-10,17-20H,1-6,11-14,27-30H2,(H,31,32)(H,33,34). The lowest BCUT2D eigenvalue weighted by Crippen LogP contribution is -2.39. The first-order valence-electron chi connectivity index (χ1n) is 12.9. The molecule has 1 aromatic carbocycles. The Hall–Kier alpha value is -3.72. The number of esters is 4. The van der Waals surface area contributed by atoms with Crippen molar-refractivity contribution < 1.29 is 48.5 Å². The second-order valence-electron chi connectivity index (χ2n) is 9.30. The summed E-state index contributed by atoms with van der Waals surface area (Å²) < 4.78 is 9.67. The molecule has 0 spiro atoms. The van der Waals surface area contributed by atoms with Crippen molar-refractivity contribution in [3.8, 4) is 0 Å². The maximum absolute atomic E-state index is 12.5. The molecule has 0 fully saturated rings. The summed E-state index contributed by atoms with van der Waals surface area (Å²) in [6.07, 6.45) is 1.73. The molecule has 0 aliphatic rings. The van der Waals surface area contributed by atoms with Crippen LogP contribution in [0.4, 0.5) is 0 Å². The zero-order valence-corrected chi connectivity index (χ0v) is 22.2. The maximum atomic E-state index is 12.5. The lowest BCUT2D eigenvalue weighted by molar-refractivity contribution is -0.149. The molecule has 0 heterocycles. The van der Waals surface area contributed by atoms with Crippen molar-refractivity contribution in [1.82, 2.24) is 0 Å². The van der Waals surface area contributed by atoms with Gasteiger partial charge in [0.2, 0.25) is 0 Å². The van der Waals surface area contributed by atoms with E-state index in [-0.39, 0.29) is 11.1 Å². The summed E-state index contributed by atoms with van der Waals surface area (Å²) in [4.78, 5) is 72.4. The maximum Gasteiger partial charge on any atom is 0.345 e. The number of carboxylic acid groups (broad SMARTS) is 2. The number of unbranched alkanes of at least 4 members (excludes halogenated alkanes) is 2. The van der Waals surface area contributed by atoms with Gasteiger partial charge < -0.3 is 42.6 Å². The van der Waals surface area contributed by atoms with Gasteiger partial charge in [-0.25, -0.2) is 9.59 Å². The smallest absolute Gasteiger partial charge is 0.345 e. The van der Waals surface area contributed by atoms with E-state index in [1.165, 1.54) is 0 Å². The van der Waals surface area contributed by atoms with Crippen molar-refractivity contribution in [3.63, 3.8) is 0 Å². The minimum absolute atomic E-state index is 0.146. The Balaban J connectivity index is 2.86. The Morgan fingerprint density at radius 3 is 1.23 bits per heavy atom. The van der Waals surface area contributed by atoms with Gasteiger partial charge in [-0.15, -0.1) is 0 Å². The lowest BCUT2D eigenvalue weighted by Gasteiger charge is -2.20. The Labute approximate surface area is 231 Å². The highest BCUT2D eigenvalue weighted by atomic mass is 16.6. The van der Waals surface area contributed by atoms with Gasteiger partial charge in [-0.2, -0.15) is 0 Å². The van der Waals surface area contributed by atoms with Gasteiger partial charge in [0.1, 0.15) is 0 Å². The number of carboxylic acids is 2. The third-order valence-electron chi connectivity index (χ3n) is 6.15. The summed E-state index contributed by atoms with van der Waals surface area (Å²) >= 11 is 0. The normalized spacial score (nSPS) is 13.9. The van der Waals surface area contributed by atoms with Crippen LogP contribution < -0.4 is 22.9 Å². The van der Waals surface area contributed by atoms with Crippen LogP contribution in [0.15, 0.2) is 24.3 Å². The Morgan fingerprint density at radius 1 is 0.625 bits per heavy atom. The SMILES string of the molecule is NCCCCC(N)C(CC(=O)O)C(=O)OC(=O)c1ccc(C(=O)OC(=O)C(CC(=O)O)C(N)CCCCN)cc1. The average molecular weight is 567 g/mol. The van der Waals surface area contributed by atoms with Crippen molar-refractivity contribution in [2.75, 3.05) is 13.1 Å². The predicted octanol–water partition coefficient (Wildman–Crippen LogP) is 0.148. The first-order valence-corrected chi connectivity index (χ1v) is 12.9. The fourth-order valence-electron chi connectivity index (χ4n) is 3.84. The second-order valence-corrected chi connectivity index (χ2v) is 9.30. The van der Waals surface area contributed by atoms with Crippen LogP contribution in [0.1, 0.15) is 72.1 Å². The van der Waals surface area contributed by atoms with Crippen LogP contribution in [0.5, 0.6) is 0 Å². The number of aliphatic carboxylic acids is 2. The molecule has 14 nitrogen and oxygen atoms in total. The molecule has 0 saturated carbocycles. The number of benzene rings is 1. The van der Waals surface area contributed by atoms with Crippen LogP contribution in [0.2, 0.25) is 0 Å². The minimum atomic E-state index is -1.29. The highest BCUT2D eigenvalue weighted by Crippen LogP contribution is 2.19. The summed E-state index contributed by atoms with van der Waals surface area (Å²) in [6.45, 7) is 0.811. The van der Waals surface area contributed by atoms with E-state index >= 15 is 0 Å². The van der Waals surface area contributed by atoms with Gasteiger partial charge in [-0.3, -0.25) is 19.2 Å². The lowest BCUT2D eigenvalue weighted by atomic mass is 9.92. The quantitative estimate of drug-likeness (QED) is 0.0784. The third-order valence-corrected chi connectivity index (χ3v) is 6.15. The Kier molecular flexibility index (Phi) is 15.3. The third kappa shape index (κ3) is 12.0. The van der Waals surface area contributed by atoms with Gasteiger partial charge in [0.05, 0.1) is 35.8 Å². The molecule has 0 saturated heterocycles. The van der Waals surface area contributed by atoms with E-state index in [2.05, 4.69) is 0 Å². The van der Waals surface area contributed by atoms with E-state index in [4.69, 9.17) is 42.6 Å². The van der Waals surface area contributed by atoms with Gasteiger partial charge in [0, 0.05) is 12.1 Å². The fourth-order valence-corrected chi connectivity index (χ4v) is 3.84. The molecule has 0 radical (unpaired) electrons. The number of hydrogen-bond acceptors (Lipinski definition) is 12. The zero-order chi connectivity index (χ0) is 30.2. The predicted molar refractivity (Wildman–Crippen MR) is 141 cm³/mol. The molecule has 0 amide bonds. The summed E-state index contributed by atoms with van der Waals surface area (Å²) in [7, 11) is 0. The van der Waals surface area contributed by atoms with Crippen LogP contribution in [0.25, 0.3) is 0 Å². The van der Waals surface area contributed by atoms with Crippen molar-refractivity contribution in [2.45, 2.75) is 63.5 Å². The van der Waals surface area contributed by atoms with Crippen LogP contribution in [0, 0.1) is 11.8 Å². The summed E-state index contributed by atoms with van der Waals surface area (Å²) in [5.74, 6) is -9.51. The molecule has 0 aliphatic heterocycles. The first-order chi connectivity index (χ1) is 18.9. The van der Waals surface area contributed by atoms with Crippen molar-refractivity contribution in [2.24, 2.45) is 34.8 Å². The Morgan fingerprint density at radius 2 is 0.950 bits per heavy atom. The molecule has 14 heteroatoms. The zero-order valence-electron chi connectivity index (χ0n) is 22.2. The molecular formula is C26H38N4O10. The molecule has 4 atom stereocenters. The topological polar surface area (TPSA) is 265 Å². The van der Waals surface area contributed by atoms with Crippen LogP contribution in [-0.2, 0) is 28.7 Å². The molecule has 222 valence electrons. The molecule has 0 bridgehead atoms. The molecule has 0 aromatic heterocycles. The van der Waals surface area contributed by atoms with E-state index in [0.29, 0.717) is 51.6 Å². The molecule has 4 unspecified atom stereocenters. The van der Waals surface area contributed by atoms with Crippen LogP contribution >= 0.6 is 0 Å². The monoisotopic (exact) mass is 566 g/mol. The summed E-state index contributed by atoms with van der Waals surface area (Å²) in [6, 6.07) is 2.82. The van der Waals surface area contributed by atoms with Crippen LogP contribution in [-0.4, -0.2) is 71.2 Å². The van der Waals surface area contributed by atoms with Gasteiger partial charge in [0.25, 0.3) is 0 Å². The number of carbonyl (C=O) groups is 6. The van der Waals surface area contributed by atoms with E-state index in [1.807, 2.05) is 0 Å². The van der Waals surface area contributed by atoms with Crippen molar-refractivity contribution >= 4 is 35.8 Å². The first kappa shape index (κ1) is 34.3. The van der Waals surface area contributed by atoms with E-state index in [1.54, 1.807) is 0 Å². The molecule has 10 N–H and O–H groups in total. The van der Waals surface area contributed by atoms with Crippen molar-refractivity contribution in [1.29, 1.82) is 0 Å². The number of nitrogens with two attached hydrogens (primary N) is 4.